The third-order valence-corrected chi connectivity index (χ3v) is 4.16. The molecule has 0 saturated carbocycles. The Morgan fingerprint density at radius 1 is 1.08 bits per heavy atom. The standard InChI is InChI=1S/C19H18N2O3/c1-14-11-20(13-22)16-9-5-6-10-17(16)21(19(14)24)12-18(23)15-7-3-2-4-8-15/h2-10,13-14H,11-12H2,1H3. The van der Waals surface area contributed by atoms with Crippen LogP contribution in [0.5, 0.6) is 0 Å². The largest absolute Gasteiger partial charge is 0.312 e. The molecular formula is C19H18N2O3. The van der Waals surface area contributed by atoms with Crippen LogP contribution in [0.2, 0.25) is 0 Å². The number of hydrogen-bond acceptors (Lipinski definition) is 3. The minimum atomic E-state index is -0.383. The summed E-state index contributed by atoms with van der Waals surface area (Å²) in [6.07, 6.45) is 0.727. The highest BCUT2D eigenvalue weighted by molar-refractivity contribution is 6.09. The number of amides is 2. The Bertz CT molecular complexity index is 773. The number of carbonyl (C=O) groups excluding carboxylic acids is 3. The van der Waals surface area contributed by atoms with Gasteiger partial charge in [-0.05, 0) is 12.1 Å². The first kappa shape index (κ1) is 15.9. The van der Waals surface area contributed by atoms with Crippen molar-refractivity contribution in [1.82, 2.24) is 0 Å². The smallest absolute Gasteiger partial charge is 0.232 e. The van der Waals surface area contributed by atoms with Crippen molar-refractivity contribution in [1.29, 1.82) is 0 Å². The van der Waals surface area contributed by atoms with E-state index in [1.165, 1.54) is 9.80 Å². The van der Waals surface area contributed by atoms with Crippen LogP contribution in [0.4, 0.5) is 11.4 Å². The van der Waals surface area contributed by atoms with Crippen LogP contribution in [-0.4, -0.2) is 31.2 Å². The summed E-state index contributed by atoms with van der Waals surface area (Å²) < 4.78 is 0. The van der Waals surface area contributed by atoms with Gasteiger partial charge in [-0.25, -0.2) is 0 Å². The van der Waals surface area contributed by atoms with Gasteiger partial charge in [0.15, 0.2) is 5.78 Å². The van der Waals surface area contributed by atoms with Gasteiger partial charge in [-0.15, -0.1) is 0 Å². The van der Waals surface area contributed by atoms with Crippen LogP contribution in [0.1, 0.15) is 17.3 Å². The van der Waals surface area contributed by atoms with Gasteiger partial charge < -0.3 is 9.80 Å². The maximum absolute atomic E-state index is 12.8. The van der Waals surface area contributed by atoms with Crippen LogP contribution in [0.25, 0.3) is 0 Å². The zero-order chi connectivity index (χ0) is 17.1. The molecule has 1 unspecified atom stereocenters. The van der Waals surface area contributed by atoms with E-state index in [9.17, 15) is 14.4 Å². The van der Waals surface area contributed by atoms with Crippen LogP contribution in [-0.2, 0) is 9.59 Å². The summed E-state index contributed by atoms with van der Waals surface area (Å²) >= 11 is 0. The lowest BCUT2D eigenvalue weighted by Crippen LogP contribution is -2.39. The molecule has 2 amide bonds. The van der Waals surface area contributed by atoms with Gasteiger partial charge in [0, 0.05) is 12.1 Å². The third-order valence-electron chi connectivity index (χ3n) is 4.16. The summed E-state index contributed by atoms with van der Waals surface area (Å²) in [5.74, 6) is -0.673. The van der Waals surface area contributed by atoms with Crippen molar-refractivity contribution in [2.75, 3.05) is 22.9 Å². The molecule has 0 aromatic heterocycles. The number of carbonyl (C=O) groups is 3. The Balaban J connectivity index is 1.99. The molecule has 1 aliphatic heterocycles. The Morgan fingerprint density at radius 2 is 1.71 bits per heavy atom. The molecule has 0 radical (unpaired) electrons. The number of ketones is 1. The van der Waals surface area contributed by atoms with Crippen LogP contribution in [0.15, 0.2) is 54.6 Å². The highest BCUT2D eigenvalue weighted by atomic mass is 16.2. The summed E-state index contributed by atoms with van der Waals surface area (Å²) in [5, 5.41) is 0. The Kier molecular flexibility index (Phi) is 4.42. The van der Waals surface area contributed by atoms with Gasteiger partial charge in [-0.1, -0.05) is 49.4 Å². The van der Waals surface area contributed by atoms with Crippen LogP contribution in [0, 0.1) is 5.92 Å². The van der Waals surface area contributed by atoms with E-state index in [1.54, 1.807) is 49.4 Å². The molecule has 3 rings (SSSR count). The van der Waals surface area contributed by atoms with E-state index in [4.69, 9.17) is 0 Å². The van der Waals surface area contributed by atoms with E-state index in [0.717, 1.165) is 6.41 Å². The monoisotopic (exact) mass is 322 g/mol. The molecule has 1 heterocycles. The Hall–Kier alpha value is -2.95. The van der Waals surface area contributed by atoms with Crippen molar-refractivity contribution < 1.29 is 14.4 Å². The molecule has 2 aromatic rings. The van der Waals surface area contributed by atoms with Gasteiger partial charge in [-0.2, -0.15) is 0 Å². The second-order valence-corrected chi connectivity index (χ2v) is 5.86. The fraction of sp³-hybridized carbons (Fsp3) is 0.211. The molecule has 2 aromatic carbocycles. The summed E-state index contributed by atoms with van der Waals surface area (Å²) in [5.41, 5.74) is 1.79. The summed E-state index contributed by atoms with van der Waals surface area (Å²) in [4.78, 5) is 39.7. The SMILES string of the molecule is CC1CN(C=O)c2ccccc2N(CC(=O)c2ccccc2)C1=O. The van der Waals surface area contributed by atoms with Crippen LogP contribution in [0.3, 0.4) is 0 Å². The molecule has 5 nitrogen and oxygen atoms in total. The number of nitrogens with zero attached hydrogens (tertiary/aromatic N) is 2. The lowest BCUT2D eigenvalue weighted by molar-refractivity contribution is -0.121. The predicted octanol–water partition coefficient (Wildman–Crippen LogP) is 2.52. The summed E-state index contributed by atoms with van der Waals surface area (Å²) in [7, 11) is 0. The molecule has 0 N–H and O–H groups in total. The van der Waals surface area contributed by atoms with Crippen molar-refractivity contribution in [3.05, 3.63) is 60.2 Å². The number of fused-ring (bicyclic) bond motifs is 1. The second-order valence-electron chi connectivity index (χ2n) is 5.86. The normalized spacial score (nSPS) is 17.2. The molecule has 5 heteroatoms. The lowest BCUT2D eigenvalue weighted by atomic mass is 10.1. The number of para-hydroxylation sites is 2. The van der Waals surface area contributed by atoms with Gasteiger partial charge in [0.25, 0.3) is 0 Å². The first-order valence-electron chi connectivity index (χ1n) is 7.82. The van der Waals surface area contributed by atoms with E-state index in [-0.39, 0.29) is 24.2 Å². The minimum absolute atomic E-state index is 0.0447. The Morgan fingerprint density at radius 3 is 2.38 bits per heavy atom. The predicted molar refractivity (Wildman–Crippen MR) is 92.1 cm³/mol. The molecule has 1 aliphatic rings. The molecular weight excluding hydrogens is 304 g/mol. The van der Waals surface area contributed by atoms with Gasteiger partial charge in [0.1, 0.15) is 0 Å². The van der Waals surface area contributed by atoms with Crippen molar-refractivity contribution in [2.45, 2.75) is 6.92 Å². The maximum atomic E-state index is 12.8. The fourth-order valence-electron chi connectivity index (χ4n) is 2.91. The first-order valence-corrected chi connectivity index (χ1v) is 7.82. The second kappa shape index (κ2) is 6.66. The highest BCUT2D eigenvalue weighted by Crippen LogP contribution is 2.33. The minimum Gasteiger partial charge on any atom is -0.312 e. The topological polar surface area (TPSA) is 57.7 Å². The number of rotatable bonds is 4. The van der Waals surface area contributed by atoms with Crippen LogP contribution < -0.4 is 9.80 Å². The number of Topliss-reactive ketones (excluding diaryl/α,β-unsaturated/α-hetero) is 1. The zero-order valence-electron chi connectivity index (χ0n) is 13.4. The third kappa shape index (κ3) is 2.93. The van der Waals surface area contributed by atoms with Crippen molar-refractivity contribution >= 4 is 29.5 Å². The molecule has 0 saturated heterocycles. The maximum Gasteiger partial charge on any atom is 0.232 e. The van der Waals surface area contributed by atoms with Crippen molar-refractivity contribution in [2.24, 2.45) is 5.92 Å². The summed E-state index contributed by atoms with van der Waals surface area (Å²) in [6.45, 7) is 2.02. The van der Waals surface area contributed by atoms with Gasteiger partial charge in [0.05, 0.1) is 23.8 Å². The first-order chi connectivity index (χ1) is 11.6. The van der Waals surface area contributed by atoms with E-state index < -0.39 is 0 Å². The van der Waals surface area contributed by atoms with Gasteiger partial charge in [0.2, 0.25) is 12.3 Å². The fourth-order valence-corrected chi connectivity index (χ4v) is 2.91. The molecule has 0 aliphatic carbocycles. The summed E-state index contributed by atoms with van der Waals surface area (Å²) in [6, 6.07) is 16.1. The van der Waals surface area contributed by atoms with Gasteiger partial charge >= 0.3 is 0 Å². The molecule has 122 valence electrons. The van der Waals surface area contributed by atoms with E-state index in [1.807, 2.05) is 12.1 Å². The average molecular weight is 322 g/mol. The van der Waals surface area contributed by atoms with Gasteiger partial charge in [-0.3, -0.25) is 14.4 Å². The van der Waals surface area contributed by atoms with Crippen molar-refractivity contribution in [3.8, 4) is 0 Å². The Labute approximate surface area is 140 Å². The molecule has 0 fully saturated rings. The highest BCUT2D eigenvalue weighted by Gasteiger charge is 2.32. The molecule has 1 atom stereocenters. The molecule has 0 bridgehead atoms. The number of hydrogen-bond donors (Lipinski definition) is 0. The van der Waals surface area contributed by atoms with E-state index >= 15 is 0 Å². The average Bonchev–Trinajstić information content (AvgIpc) is 2.73. The van der Waals surface area contributed by atoms with E-state index in [2.05, 4.69) is 0 Å². The van der Waals surface area contributed by atoms with Crippen LogP contribution >= 0.6 is 0 Å². The number of benzene rings is 2. The zero-order valence-corrected chi connectivity index (χ0v) is 13.4. The molecule has 24 heavy (non-hydrogen) atoms. The van der Waals surface area contributed by atoms with E-state index in [0.29, 0.717) is 23.5 Å². The number of anilines is 2. The van der Waals surface area contributed by atoms with Crippen molar-refractivity contribution in [3.63, 3.8) is 0 Å². The quantitative estimate of drug-likeness (QED) is 0.642. The molecule has 0 spiro atoms. The lowest BCUT2D eigenvalue weighted by Gasteiger charge is -2.23.